The van der Waals surface area contributed by atoms with Crippen LogP contribution in [0.1, 0.15) is 10.4 Å². The highest BCUT2D eigenvalue weighted by Gasteiger charge is 2.17. The molecular weight excluding hydrogens is 290 g/mol. The van der Waals surface area contributed by atoms with E-state index in [0.717, 1.165) is 4.52 Å². The van der Waals surface area contributed by atoms with E-state index in [-0.39, 0.29) is 18.0 Å². The summed E-state index contributed by atoms with van der Waals surface area (Å²) in [6.45, 7) is 0.148. The van der Waals surface area contributed by atoms with Crippen LogP contribution in [0.25, 0.3) is 16.9 Å². The van der Waals surface area contributed by atoms with Crippen molar-refractivity contribution in [2.45, 2.75) is 0 Å². The lowest BCUT2D eigenvalue weighted by Crippen LogP contribution is -2.15. The standard InChI is InChI=1S/C14H9N3O5/c18-12-4-9(7-1-2-10-11(3-7)22-6-21-10)16-13-8(14(19)20)5-15-17(12)13/h1-5,15H,6H2,(H,19,20). The van der Waals surface area contributed by atoms with E-state index in [0.29, 0.717) is 22.8 Å². The lowest BCUT2D eigenvalue weighted by Gasteiger charge is -2.03. The third-order valence-electron chi connectivity index (χ3n) is 3.40. The Balaban J connectivity index is 1.93. The number of carbonyl (C=O) groups is 1. The fourth-order valence-electron chi connectivity index (χ4n) is 2.34. The summed E-state index contributed by atoms with van der Waals surface area (Å²) in [5.74, 6) is 0.0231. The number of nitrogens with zero attached hydrogens (tertiary/aromatic N) is 2. The van der Waals surface area contributed by atoms with Crippen molar-refractivity contribution in [1.82, 2.24) is 14.6 Å². The molecule has 110 valence electrons. The van der Waals surface area contributed by atoms with Gasteiger partial charge < -0.3 is 14.6 Å². The van der Waals surface area contributed by atoms with Crippen LogP contribution in [0.3, 0.4) is 0 Å². The highest BCUT2D eigenvalue weighted by Crippen LogP contribution is 2.35. The SMILES string of the molecule is O=C(O)c1c[nH]n2c(=O)cc(-c3ccc4c(c3)OCO4)nc12. The molecule has 0 unspecified atom stereocenters. The Labute approximate surface area is 122 Å². The van der Waals surface area contributed by atoms with Gasteiger partial charge in [0.05, 0.1) is 5.69 Å². The molecule has 0 fully saturated rings. The first kappa shape index (κ1) is 12.5. The van der Waals surface area contributed by atoms with Crippen molar-refractivity contribution in [2.24, 2.45) is 0 Å². The summed E-state index contributed by atoms with van der Waals surface area (Å²) in [6.07, 6.45) is 1.23. The number of benzene rings is 1. The second kappa shape index (κ2) is 4.35. The van der Waals surface area contributed by atoms with Gasteiger partial charge in [0.25, 0.3) is 5.56 Å². The lowest BCUT2D eigenvalue weighted by molar-refractivity contribution is 0.0698. The van der Waals surface area contributed by atoms with Gasteiger partial charge in [-0.3, -0.25) is 9.89 Å². The van der Waals surface area contributed by atoms with Gasteiger partial charge in [-0.2, -0.15) is 0 Å². The number of hydrogen-bond donors (Lipinski definition) is 2. The molecule has 1 aliphatic heterocycles. The average molecular weight is 299 g/mol. The Hall–Kier alpha value is -3.29. The molecule has 0 saturated carbocycles. The highest BCUT2D eigenvalue weighted by molar-refractivity contribution is 5.94. The molecule has 0 saturated heterocycles. The van der Waals surface area contributed by atoms with Gasteiger partial charge in [0, 0.05) is 17.8 Å². The number of carboxylic acids is 1. The molecule has 4 rings (SSSR count). The molecule has 3 heterocycles. The first-order chi connectivity index (χ1) is 10.6. The number of carboxylic acid groups (broad SMARTS) is 1. The largest absolute Gasteiger partial charge is 0.477 e. The normalized spacial score (nSPS) is 12.7. The zero-order chi connectivity index (χ0) is 15.3. The van der Waals surface area contributed by atoms with Crippen LogP contribution in [-0.2, 0) is 0 Å². The van der Waals surface area contributed by atoms with Crippen LogP contribution < -0.4 is 15.0 Å². The minimum Gasteiger partial charge on any atom is -0.477 e. The van der Waals surface area contributed by atoms with Crippen molar-refractivity contribution in [1.29, 1.82) is 0 Å². The maximum Gasteiger partial charge on any atom is 0.341 e. The van der Waals surface area contributed by atoms with E-state index in [9.17, 15) is 9.59 Å². The number of aromatic carboxylic acids is 1. The molecule has 8 nitrogen and oxygen atoms in total. The number of nitrogens with one attached hydrogen (secondary N) is 1. The number of H-pyrrole nitrogens is 1. The number of rotatable bonds is 2. The van der Waals surface area contributed by atoms with Gasteiger partial charge in [0.2, 0.25) is 6.79 Å². The van der Waals surface area contributed by atoms with Crippen molar-refractivity contribution in [2.75, 3.05) is 6.79 Å². The number of fused-ring (bicyclic) bond motifs is 2. The van der Waals surface area contributed by atoms with Crippen LogP contribution in [0, 0.1) is 0 Å². The molecule has 2 N–H and O–H groups in total. The molecule has 0 atom stereocenters. The number of hydrogen-bond acceptors (Lipinski definition) is 5. The zero-order valence-electron chi connectivity index (χ0n) is 11.1. The predicted octanol–water partition coefficient (Wildman–Crippen LogP) is 1.12. The van der Waals surface area contributed by atoms with E-state index in [4.69, 9.17) is 14.6 Å². The van der Waals surface area contributed by atoms with E-state index in [2.05, 4.69) is 10.1 Å². The third-order valence-corrected chi connectivity index (χ3v) is 3.40. The molecular formula is C14H9N3O5. The van der Waals surface area contributed by atoms with Crippen molar-refractivity contribution in [3.8, 4) is 22.8 Å². The quantitative estimate of drug-likeness (QED) is 0.734. The van der Waals surface area contributed by atoms with Gasteiger partial charge in [-0.05, 0) is 18.2 Å². The third kappa shape index (κ3) is 1.74. The monoisotopic (exact) mass is 299 g/mol. The summed E-state index contributed by atoms with van der Waals surface area (Å²) < 4.78 is 11.6. The zero-order valence-corrected chi connectivity index (χ0v) is 11.1. The summed E-state index contributed by atoms with van der Waals surface area (Å²) in [4.78, 5) is 27.5. The number of aromatic amines is 1. The molecule has 0 amide bonds. The Bertz CT molecular complexity index is 972. The van der Waals surface area contributed by atoms with Crippen molar-refractivity contribution in [3.05, 3.63) is 46.4 Å². The van der Waals surface area contributed by atoms with Gasteiger partial charge in [-0.1, -0.05) is 0 Å². The maximum absolute atomic E-state index is 12.1. The van der Waals surface area contributed by atoms with Crippen LogP contribution in [0.15, 0.2) is 35.3 Å². The second-order valence-electron chi connectivity index (χ2n) is 4.70. The Kier molecular flexibility index (Phi) is 2.46. The van der Waals surface area contributed by atoms with Crippen LogP contribution in [0.2, 0.25) is 0 Å². The van der Waals surface area contributed by atoms with Crippen LogP contribution in [0.5, 0.6) is 11.5 Å². The number of aromatic nitrogens is 3. The second-order valence-corrected chi connectivity index (χ2v) is 4.70. The molecule has 1 aliphatic rings. The topological polar surface area (TPSA) is 106 Å². The molecule has 2 aromatic heterocycles. The van der Waals surface area contributed by atoms with Gasteiger partial charge >= 0.3 is 5.97 Å². The Morgan fingerprint density at radius 1 is 1.27 bits per heavy atom. The van der Waals surface area contributed by atoms with E-state index in [1.54, 1.807) is 18.2 Å². The molecule has 3 aromatic rings. The Morgan fingerprint density at radius 3 is 2.91 bits per heavy atom. The molecule has 0 aliphatic carbocycles. The van der Waals surface area contributed by atoms with Crippen LogP contribution in [0.4, 0.5) is 0 Å². The van der Waals surface area contributed by atoms with E-state index in [1.165, 1.54) is 12.3 Å². The fourth-order valence-corrected chi connectivity index (χ4v) is 2.34. The minimum atomic E-state index is -1.16. The van der Waals surface area contributed by atoms with E-state index in [1.807, 2.05) is 0 Å². The summed E-state index contributed by atoms with van der Waals surface area (Å²) in [6, 6.07) is 6.48. The first-order valence-corrected chi connectivity index (χ1v) is 6.38. The molecule has 0 radical (unpaired) electrons. The molecule has 0 bridgehead atoms. The maximum atomic E-state index is 12.1. The van der Waals surface area contributed by atoms with Crippen molar-refractivity contribution >= 4 is 11.6 Å². The van der Waals surface area contributed by atoms with Gasteiger partial charge in [-0.25, -0.2) is 14.3 Å². The molecule has 8 heteroatoms. The molecule has 1 aromatic carbocycles. The molecule has 22 heavy (non-hydrogen) atoms. The smallest absolute Gasteiger partial charge is 0.341 e. The minimum absolute atomic E-state index is 0.0627. The van der Waals surface area contributed by atoms with E-state index >= 15 is 0 Å². The summed E-state index contributed by atoms with van der Waals surface area (Å²) in [7, 11) is 0. The summed E-state index contributed by atoms with van der Waals surface area (Å²) in [5.41, 5.74) is 0.601. The lowest BCUT2D eigenvalue weighted by atomic mass is 10.1. The van der Waals surface area contributed by atoms with Crippen molar-refractivity contribution < 1.29 is 19.4 Å². The van der Waals surface area contributed by atoms with Crippen LogP contribution in [-0.4, -0.2) is 32.5 Å². The first-order valence-electron chi connectivity index (χ1n) is 6.38. The van der Waals surface area contributed by atoms with E-state index < -0.39 is 11.5 Å². The van der Waals surface area contributed by atoms with Gasteiger partial charge in [0.1, 0.15) is 5.56 Å². The van der Waals surface area contributed by atoms with Crippen molar-refractivity contribution in [3.63, 3.8) is 0 Å². The van der Waals surface area contributed by atoms with Gasteiger partial charge in [0.15, 0.2) is 17.1 Å². The Morgan fingerprint density at radius 2 is 2.09 bits per heavy atom. The molecule has 0 spiro atoms. The predicted molar refractivity (Wildman–Crippen MR) is 74.3 cm³/mol. The summed E-state index contributed by atoms with van der Waals surface area (Å²) in [5, 5.41) is 11.7. The summed E-state index contributed by atoms with van der Waals surface area (Å²) >= 11 is 0. The number of ether oxygens (including phenoxy) is 2. The van der Waals surface area contributed by atoms with Gasteiger partial charge in [-0.15, -0.1) is 0 Å². The van der Waals surface area contributed by atoms with Crippen LogP contribution >= 0.6 is 0 Å². The fraction of sp³-hybridized carbons (Fsp3) is 0.0714. The highest BCUT2D eigenvalue weighted by atomic mass is 16.7. The average Bonchev–Trinajstić information content (AvgIpc) is 3.12.